The van der Waals surface area contributed by atoms with Gasteiger partial charge < -0.3 is 10.2 Å². The minimum absolute atomic E-state index is 0.00267. The summed E-state index contributed by atoms with van der Waals surface area (Å²) in [5.74, 6) is 0.694. The second kappa shape index (κ2) is 7.78. The van der Waals surface area contributed by atoms with Gasteiger partial charge in [0.1, 0.15) is 11.9 Å². The van der Waals surface area contributed by atoms with Gasteiger partial charge in [-0.25, -0.2) is 4.98 Å². The Hall–Kier alpha value is -2.10. The van der Waals surface area contributed by atoms with Crippen molar-refractivity contribution in [1.29, 1.82) is 5.26 Å². The molecule has 0 unspecified atom stereocenters. The molecule has 1 fully saturated rings. The molecule has 2 heterocycles. The summed E-state index contributed by atoms with van der Waals surface area (Å²) in [6, 6.07) is 3.64. The van der Waals surface area contributed by atoms with Crippen LogP contribution < -0.4 is 10.2 Å². The summed E-state index contributed by atoms with van der Waals surface area (Å²) in [4.78, 5) is 20.1. The quantitative estimate of drug-likeness (QED) is 0.821. The van der Waals surface area contributed by atoms with E-state index in [1.807, 2.05) is 6.07 Å². The van der Waals surface area contributed by atoms with E-state index in [9.17, 15) is 4.79 Å². The number of nitrogens with one attached hydrogen (secondary N) is 1. The van der Waals surface area contributed by atoms with Crippen molar-refractivity contribution < 1.29 is 4.79 Å². The highest BCUT2D eigenvalue weighted by atomic mass is 35.5. The van der Waals surface area contributed by atoms with Crippen LogP contribution in [0.2, 0.25) is 5.02 Å². The van der Waals surface area contributed by atoms with Crippen LogP contribution in [0.15, 0.2) is 24.9 Å². The van der Waals surface area contributed by atoms with Crippen molar-refractivity contribution in [3.63, 3.8) is 0 Å². The van der Waals surface area contributed by atoms with Crippen molar-refractivity contribution in [2.45, 2.75) is 0 Å². The van der Waals surface area contributed by atoms with Crippen molar-refractivity contribution in [2.24, 2.45) is 0 Å². The SMILES string of the molecule is C=CCNC(=O)CN1CCN(c2ncc(C#N)cc2Cl)CC1. The molecule has 1 aliphatic heterocycles. The maximum atomic E-state index is 11.7. The molecule has 1 amide bonds. The molecule has 6 nitrogen and oxygen atoms in total. The van der Waals surface area contributed by atoms with E-state index in [2.05, 4.69) is 26.7 Å². The molecule has 116 valence electrons. The summed E-state index contributed by atoms with van der Waals surface area (Å²) in [5.41, 5.74) is 0.450. The fourth-order valence-corrected chi connectivity index (χ4v) is 2.57. The lowest BCUT2D eigenvalue weighted by molar-refractivity contribution is -0.122. The van der Waals surface area contributed by atoms with E-state index < -0.39 is 0 Å². The molecule has 0 radical (unpaired) electrons. The molecule has 1 aromatic rings. The number of carbonyl (C=O) groups is 1. The van der Waals surface area contributed by atoms with Gasteiger partial charge >= 0.3 is 0 Å². The van der Waals surface area contributed by atoms with Crippen LogP contribution in [0.3, 0.4) is 0 Å². The number of nitrogens with zero attached hydrogens (tertiary/aromatic N) is 4. The summed E-state index contributed by atoms with van der Waals surface area (Å²) in [6.07, 6.45) is 3.19. The predicted octanol–water partition coefficient (Wildman–Crippen LogP) is 1.03. The number of nitriles is 1. The van der Waals surface area contributed by atoms with Crippen LogP contribution in [-0.4, -0.2) is 55.1 Å². The average Bonchev–Trinajstić information content (AvgIpc) is 2.53. The molecule has 2 rings (SSSR count). The molecule has 7 heteroatoms. The number of halogens is 1. The van der Waals surface area contributed by atoms with Gasteiger partial charge in [0.25, 0.3) is 0 Å². The highest BCUT2D eigenvalue weighted by Gasteiger charge is 2.21. The molecule has 0 atom stereocenters. The first-order valence-corrected chi connectivity index (χ1v) is 7.42. The van der Waals surface area contributed by atoms with Gasteiger partial charge in [0, 0.05) is 38.9 Å². The average molecular weight is 320 g/mol. The van der Waals surface area contributed by atoms with Crippen molar-refractivity contribution in [3.05, 3.63) is 35.5 Å². The lowest BCUT2D eigenvalue weighted by Crippen LogP contribution is -2.49. The Morgan fingerprint density at radius 2 is 2.23 bits per heavy atom. The lowest BCUT2D eigenvalue weighted by Gasteiger charge is -2.35. The first-order valence-electron chi connectivity index (χ1n) is 7.04. The molecule has 0 bridgehead atoms. The second-order valence-corrected chi connectivity index (χ2v) is 5.40. The highest BCUT2D eigenvalue weighted by Crippen LogP contribution is 2.24. The van der Waals surface area contributed by atoms with E-state index in [1.54, 1.807) is 12.1 Å². The summed E-state index contributed by atoms with van der Waals surface area (Å²) < 4.78 is 0. The number of carbonyl (C=O) groups excluding carboxylic acids is 1. The van der Waals surface area contributed by atoms with Gasteiger partial charge in [-0.1, -0.05) is 17.7 Å². The van der Waals surface area contributed by atoms with Crippen LogP contribution in [0, 0.1) is 11.3 Å². The monoisotopic (exact) mass is 319 g/mol. The third-order valence-corrected chi connectivity index (χ3v) is 3.71. The van der Waals surface area contributed by atoms with Gasteiger partial charge in [-0.2, -0.15) is 5.26 Å². The number of anilines is 1. The third kappa shape index (κ3) is 4.20. The van der Waals surface area contributed by atoms with Gasteiger partial charge in [0.2, 0.25) is 5.91 Å². The standard InChI is InChI=1S/C15H18ClN5O/c1-2-3-18-14(22)11-20-4-6-21(7-5-20)15-13(16)8-12(9-17)10-19-15/h2,8,10H,1,3-7,11H2,(H,18,22). The molecule has 0 saturated carbocycles. The van der Waals surface area contributed by atoms with Crippen molar-refractivity contribution >= 4 is 23.3 Å². The first-order chi connectivity index (χ1) is 10.6. The van der Waals surface area contributed by atoms with Crippen LogP contribution in [-0.2, 0) is 4.79 Å². The fraction of sp³-hybridized carbons (Fsp3) is 0.400. The van der Waals surface area contributed by atoms with Crippen molar-refractivity contribution in [1.82, 2.24) is 15.2 Å². The maximum absolute atomic E-state index is 11.7. The number of hydrogen-bond acceptors (Lipinski definition) is 5. The van der Waals surface area contributed by atoms with Crippen LogP contribution in [0.25, 0.3) is 0 Å². The molecule has 1 saturated heterocycles. The van der Waals surface area contributed by atoms with E-state index in [4.69, 9.17) is 16.9 Å². The fourth-order valence-electron chi connectivity index (χ4n) is 2.29. The zero-order valence-corrected chi connectivity index (χ0v) is 13.0. The Morgan fingerprint density at radius 3 is 2.82 bits per heavy atom. The molecule has 22 heavy (non-hydrogen) atoms. The zero-order valence-electron chi connectivity index (χ0n) is 12.3. The normalized spacial score (nSPS) is 15.2. The Balaban J connectivity index is 1.88. The summed E-state index contributed by atoms with van der Waals surface area (Å²) >= 11 is 6.18. The minimum atomic E-state index is 0.00267. The molecule has 1 aliphatic rings. The third-order valence-electron chi connectivity index (χ3n) is 3.43. The number of piperazine rings is 1. The number of aromatic nitrogens is 1. The van der Waals surface area contributed by atoms with E-state index in [0.717, 1.165) is 26.2 Å². The van der Waals surface area contributed by atoms with Crippen LogP contribution in [0.5, 0.6) is 0 Å². The molecule has 1 aromatic heterocycles. The van der Waals surface area contributed by atoms with E-state index >= 15 is 0 Å². The number of hydrogen-bond donors (Lipinski definition) is 1. The van der Waals surface area contributed by atoms with Gasteiger partial charge in [-0.05, 0) is 6.07 Å². The Morgan fingerprint density at radius 1 is 1.50 bits per heavy atom. The minimum Gasteiger partial charge on any atom is -0.353 e. The number of rotatable bonds is 5. The first kappa shape index (κ1) is 16.3. The van der Waals surface area contributed by atoms with Crippen molar-refractivity contribution in [2.75, 3.05) is 44.2 Å². The second-order valence-electron chi connectivity index (χ2n) is 5.00. The largest absolute Gasteiger partial charge is 0.353 e. The summed E-state index contributed by atoms with van der Waals surface area (Å²) in [6.45, 7) is 7.46. The molecular weight excluding hydrogens is 302 g/mol. The Bertz CT molecular complexity index is 590. The van der Waals surface area contributed by atoms with E-state index in [1.165, 1.54) is 6.20 Å². The lowest BCUT2D eigenvalue weighted by atomic mass is 10.2. The summed E-state index contributed by atoms with van der Waals surface area (Å²) in [7, 11) is 0. The topological polar surface area (TPSA) is 72.3 Å². The molecule has 0 aromatic carbocycles. The van der Waals surface area contributed by atoms with E-state index in [-0.39, 0.29) is 5.91 Å². The molecular formula is C15H18ClN5O. The van der Waals surface area contributed by atoms with Gasteiger partial charge in [-0.3, -0.25) is 9.69 Å². The molecule has 1 N–H and O–H groups in total. The summed E-state index contributed by atoms with van der Waals surface area (Å²) in [5, 5.41) is 12.1. The predicted molar refractivity (Wildman–Crippen MR) is 85.8 cm³/mol. The van der Waals surface area contributed by atoms with Gasteiger partial charge in [0.05, 0.1) is 17.1 Å². The van der Waals surface area contributed by atoms with Crippen LogP contribution in [0.4, 0.5) is 5.82 Å². The van der Waals surface area contributed by atoms with Gasteiger partial charge in [0.15, 0.2) is 0 Å². The smallest absolute Gasteiger partial charge is 0.234 e. The Kier molecular flexibility index (Phi) is 5.75. The van der Waals surface area contributed by atoms with Crippen LogP contribution >= 0.6 is 11.6 Å². The van der Waals surface area contributed by atoms with Crippen LogP contribution in [0.1, 0.15) is 5.56 Å². The molecule has 0 spiro atoms. The van der Waals surface area contributed by atoms with E-state index in [0.29, 0.717) is 29.5 Å². The van der Waals surface area contributed by atoms with Crippen molar-refractivity contribution in [3.8, 4) is 6.07 Å². The number of amides is 1. The Labute approximate surface area is 135 Å². The zero-order chi connectivity index (χ0) is 15.9. The number of pyridine rings is 1. The maximum Gasteiger partial charge on any atom is 0.234 e. The molecule has 0 aliphatic carbocycles. The highest BCUT2D eigenvalue weighted by molar-refractivity contribution is 6.33. The van der Waals surface area contributed by atoms with Gasteiger partial charge in [-0.15, -0.1) is 6.58 Å².